The lowest BCUT2D eigenvalue weighted by molar-refractivity contribution is -0.243. The number of hydrogen-bond donors (Lipinski definition) is 0. The molecule has 2 atom stereocenters. The summed E-state index contributed by atoms with van der Waals surface area (Å²) < 4.78 is 40.5. The molecule has 0 aromatic heterocycles. The van der Waals surface area contributed by atoms with Crippen LogP contribution in [0.2, 0.25) is 0 Å². The Labute approximate surface area is 61.3 Å². The van der Waals surface area contributed by atoms with E-state index in [1.807, 2.05) is 0 Å². The van der Waals surface area contributed by atoms with Crippen molar-refractivity contribution in [2.45, 2.75) is 25.6 Å². The van der Waals surface area contributed by atoms with Crippen LogP contribution in [0, 0.1) is 5.92 Å². The van der Waals surface area contributed by atoms with Crippen molar-refractivity contribution >= 4 is 5.97 Å². The van der Waals surface area contributed by atoms with Gasteiger partial charge in [0.2, 0.25) is 0 Å². The number of halogens is 3. The Hall–Kier alpha value is -0.740. The van der Waals surface area contributed by atoms with Gasteiger partial charge in [-0.1, -0.05) is 0 Å². The molecule has 0 bridgehead atoms. The molecule has 0 aromatic carbocycles. The van der Waals surface area contributed by atoms with E-state index in [-0.39, 0.29) is 6.42 Å². The summed E-state index contributed by atoms with van der Waals surface area (Å²) in [5.41, 5.74) is 0. The van der Waals surface area contributed by atoms with E-state index in [1.54, 1.807) is 0 Å². The standard InChI is InChI=1S/C6H7F3O2/c1-3(10)11-6(8,9)4-2-5(4)7/h4-5H,2H2,1H3. The van der Waals surface area contributed by atoms with Crippen LogP contribution in [0.5, 0.6) is 0 Å². The first-order valence-electron chi connectivity index (χ1n) is 3.15. The molecule has 5 heteroatoms. The van der Waals surface area contributed by atoms with Crippen LogP contribution >= 0.6 is 0 Å². The van der Waals surface area contributed by atoms with Crippen molar-refractivity contribution in [1.82, 2.24) is 0 Å². The van der Waals surface area contributed by atoms with Crippen molar-refractivity contribution < 1.29 is 22.7 Å². The zero-order valence-electron chi connectivity index (χ0n) is 5.81. The summed E-state index contributed by atoms with van der Waals surface area (Å²) in [6, 6.07) is 0. The van der Waals surface area contributed by atoms with Crippen molar-refractivity contribution in [3.63, 3.8) is 0 Å². The number of alkyl halides is 3. The molecule has 11 heavy (non-hydrogen) atoms. The fourth-order valence-corrected chi connectivity index (χ4v) is 0.779. The number of carbonyl (C=O) groups is 1. The minimum Gasteiger partial charge on any atom is -0.401 e. The number of hydrogen-bond acceptors (Lipinski definition) is 2. The molecule has 0 spiro atoms. The molecule has 1 aliphatic rings. The fourth-order valence-electron chi connectivity index (χ4n) is 0.779. The van der Waals surface area contributed by atoms with Crippen molar-refractivity contribution in [2.75, 3.05) is 0 Å². The first-order chi connectivity index (χ1) is 4.93. The van der Waals surface area contributed by atoms with E-state index in [0.29, 0.717) is 0 Å². The number of rotatable bonds is 2. The monoisotopic (exact) mass is 168 g/mol. The first-order valence-corrected chi connectivity index (χ1v) is 3.15. The maximum absolute atomic E-state index is 12.4. The average molecular weight is 168 g/mol. The molecule has 0 aromatic rings. The zero-order valence-corrected chi connectivity index (χ0v) is 5.81. The lowest BCUT2D eigenvalue weighted by Crippen LogP contribution is -2.27. The Balaban J connectivity index is 2.46. The molecule has 2 unspecified atom stereocenters. The summed E-state index contributed by atoms with van der Waals surface area (Å²) in [6.07, 6.45) is -5.37. The summed E-state index contributed by atoms with van der Waals surface area (Å²) in [4.78, 5) is 10.1. The van der Waals surface area contributed by atoms with Crippen LogP contribution in [0.1, 0.15) is 13.3 Å². The summed E-state index contributed by atoms with van der Waals surface area (Å²) in [5.74, 6) is -2.51. The van der Waals surface area contributed by atoms with Crippen molar-refractivity contribution in [2.24, 2.45) is 5.92 Å². The van der Waals surface area contributed by atoms with Gasteiger partial charge in [-0.05, 0) is 6.42 Å². The number of esters is 1. The Bertz CT molecular complexity index is 181. The molecule has 2 nitrogen and oxygen atoms in total. The van der Waals surface area contributed by atoms with Crippen LogP contribution in [-0.4, -0.2) is 18.2 Å². The van der Waals surface area contributed by atoms with Gasteiger partial charge in [-0.2, -0.15) is 8.78 Å². The molecule has 64 valence electrons. The van der Waals surface area contributed by atoms with Crippen LogP contribution in [-0.2, 0) is 9.53 Å². The smallest absolute Gasteiger partial charge is 0.401 e. The van der Waals surface area contributed by atoms with Gasteiger partial charge in [-0.3, -0.25) is 4.79 Å². The molecular formula is C6H7F3O2. The topological polar surface area (TPSA) is 26.3 Å². The minimum atomic E-state index is -3.62. The van der Waals surface area contributed by atoms with E-state index >= 15 is 0 Å². The van der Waals surface area contributed by atoms with Crippen molar-refractivity contribution in [3.05, 3.63) is 0 Å². The normalized spacial score (nSPS) is 29.8. The van der Waals surface area contributed by atoms with Gasteiger partial charge in [0.15, 0.2) is 0 Å². The lowest BCUT2D eigenvalue weighted by atomic mass is 10.4. The number of ether oxygens (including phenoxy) is 1. The highest BCUT2D eigenvalue weighted by Crippen LogP contribution is 2.46. The Morgan fingerprint density at radius 1 is 1.64 bits per heavy atom. The van der Waals surface area contributed by atoms with Gasteiger partial charge in [0, 0.05) is 6.92 Å². The highest BCUT2D eigenvalue weighted by atomic mass is 19.3. The molecule has 0 aliphatic heterocycles. The highest BCUT2D eigenvalue weighted by molar-refractivity contribution is 5.66. The third-order valence-electron chi connectivity index (χ3n) is 1.42. The largest absolute Gasteiger partial charge is 0.405 e. The van der Waals surface area contributed by atoms with Crippen LogP contribution < -0.4 is 0 Å². The summed E-state index contributed by atoms with van der Waals surface area (Å²) >= 11 is 0. The Kier molecular flexibility index (Phi) is 1.82. The maximum atomic E-state index is 12.4. The molecule has 1 aliphatic carbocycles. The summed E-state index contributed by atoms with van der Waals surface area (Å²) in [6.45, 7) is 0.865. The van der Waals surface area contributed by atoms with Gasteiger partial charge in [0.25, 0.3) is 0 Å². The fraction of sp³-hybridized carbons (Fsp3) is 0.833. The van der Waals surface area contributed by atoms with E-state index in [0.717, 1.165) is 6.92 Å². The molecule has 0 amide bonds. The minimum absolute atomic E-state index is 0.222. The zero-order chi connectivity index (χ0) is 8.65. The van der Waals surface area contributed by atoms with E-state index in [2.05, 4.69) is 4.74 Å². The van der Waals surface area contributed by atoms with Gasteiger partial charge < -0.3 is 4.74 Å². The SMILES string of the molecule is CC(=O)OC(F)(F)C1CC1F. The predicted octanol–water partition coefficient (Wildman–Crippen LogP) is 1.50. The second kappa shape index (κ2) is 2.39. The van der Waals surface area contributed by atoms with E-state index in [1.165, 1.54) is 0 Å². The molecular weight excluding hydrogens is 161 g/mol. The third kappa shape index (κ3) is 1.85. The van der Waals surface area contributed by atoms with Gasteiger partial charge in [-0.15, -0.1) is 0 Å². The van der Waals surface area contributed by atoms with Crippen LogP contribution in [0.25, 0.3) is 0 Å². The molecule has 0 N–H and O–H groups in total. The van der Waals surface area contributed by atoms with E-state index < -0.39 is 24.2 Å². The number of carbonyl (C=O) groups excluding carboxylic acids is 1. The summed E-state index contributed by atoms with van der Waals surface area (Å²) in [7, 11) is 0. The van der Waals surface area contributed by atoms with Gasteiger partial charge in [0.1, 0.15) is 6.17 Å². The highest BCUT2D eigenvalue weighted by Gasteiger charge is 2.58. The van der Waals surface area contributed by atoms with Crippen LogP contribution in [0.4, 0.5) is 13.2 Å². The Morgan fingerprint density at radius 3 is 2.36 bits per heavy atom. The van der Waals surface area contributed by atoms with E-state index in [4.69, 9.17) is 0 Å². The van der Waals surface area contributed by atoms with Crippen LogP contribution in [0.15, 0.2) is 0 Å². The maximum Gasteiger partial charge on any atom is 0.405 e. The second-order valence-corrected chi connectivity index (χ2v) is 2.51. The second-order valence-electron chi connectivity index (χ2n) is 2.51. The average Bonchev–Trinajstić information content (AvgIpc) is 2.42. The van der Waals surface area contributed by atoms with Gasteiger partial charge in [-0.25, -0.2) is 4.39 Å². The van der Waals surface area contributed by atoms with E-state index in [9.17, 15) is 18.0 Å². The molecule has 0 radical (unpaired) electrons. The molecule has 1 saturated carbocycles. The first kappa shape index (κ1) is 8.36. The van der Waals surface area contributed by atoms with Crippen molar-refractivity contribution in [3.8, 4) is 0 Å². The lowest BCUT2D eigenvalue weighted by Gasteiger charge is -2.13. The van der Waals surface area contributed by atoms with Gasteiger partial charge >= 0.3 is 12.1 Å². The van der Waals surface area contributed by atoms with Crippen molar-refractivity contribution in [1.29, 1.82) is 0 Å². The molecule has 0 heterocycles. The van der Waals surface area contributed by atoms with Crippen LogP contribution in [0.3, 0.4) is 0 Å². The molecule has 1 rings (SSSR count). The summed E-state index contributed by atoms with van der Waals surface area (Å²) in [5, 5.41) is 0. The predicted molar refractivity (Wildman–Crippen MR) is 29.7 cm³/mol. The quantitative estimate of drug-likeness (QED) is 0.584. The third-order valence-corrected chi connectivity index (χ3v) is 1.42. The Morgan fingerprint density at radius 2 is 2.09 bits per heavy atom. The van der Waals surface area contributed by atoms with Gasteiger partial charge in [0.05, 0.1) is 5.92 Å². The molecule has 0 saturated heterocycles. The molecule has 1 fully saturated rings.